The lowest BCUT2D eigenvalue weighted by atomic mass is 10.1. The minimum absolute atomic E-state index is 0.00184. The molecule has 0 aliphatic heterocycles. The van der Waals surface area contributed by atoms with Crippen molar-refractivity contribution in [2.24, 2.45) is 0 Å². The minimum Gasteiger partial charge on any atom is -0.480 e. The predicted octanol–water partition coefficient (Wildman–Crippen LogP) is 4.27. The molecule has 2 N–H and O–H groups in total. The van der Waals surface area contributed by atoms with E-state index in [4.69, 9.17) is 11.6 Å². The topological polar surface area (TPSA) is 127 Å². The zero-order chi connectivity index (χ0) is 22.4. The number of nitrogens with one attached hydrogen (secondary N) is 1. The molecule has 1 fully saturated rings. The van der Waals surface area contributed by atoms with E-state index in [1.54, 1.807) is 36.4 Å². The number of aliphatic carboxylic acids is 1. The quantitative estimate of drug-likeness (QED) is 0.385. The highest BCUT2D eigenvalue weighted by molar-refractivity contribution is 7.91. The molecule has 1 saturated carbocycles. The van der Waals surface area contributed by atoms with Gasteiger partial charge in [0.05, 0.1) is 4.92 Å². The molecule has 0 unspecified atom stereocenters. The molecule has 1 aliphatic carbocycles. The first kappa shape index (κ1) is 21.4. The van der Waals surface area contributed by atoms with E-state index >= 15 is 0 Å². The van der Waals surface area contributed by atoms with Gasteiger partial charge in [-0.2, -0.15) is 4.72 Å². The van der Waals surface area contributed by atoms with Crippen molar-refractivity contribution >= 4 is 44.6 Å². The van der Waals surface area contributed by atoms with Gasteiger partial charge in [-0.1, -0.05) is 35.9 Å². The first-order valence-electron chi connectivity index (χ1n) is 9.00. The molecule has 31 heavy (non-hydrogen) atoms. The Labute approximate surface area is 186 Å². The summed E-state index contributed by atoms with van der Waals surface area (Å²) in [4.78, 5) is 23.1. The molecule has 0 saturated heterocycles. The maximum absolute atomic E-state index is 12.9. The van der Waals surface area contributed by atoms with Crippen molar-refractivity contribution in [3.8, 4) is 10.4 Å². The van der Waals surface area contributed by atoms with Crippen LogP contribution in [0.5, 0.6) is 0 Å². The Hall–Kier alpha value is -2.79. The molecular formula is C20H15ClN2O6S2. The number of nitro benzene ring substituents is 1. The maximum atomic E-state index is 12.9. The molecule has 0 radical (unpaired) electrons. The Kier molecular flexibility index (Phi) is 5.34. The van der Waals surface area contributed by atoms with Crippen molar-refractivity contribution in [2.45, 2.75) is 22.1 Å². The van der Waals surface area contributed by atoms with Gasteiger partial charge in [0.1, 0.15) is 9.75 Å². The fraction of sp³-hybridized carbons (Fsp3) is 0.150. The lowest BCUT2D eigenvalue weighted by molar-refractivity contribution is -0.384. The molecule has 2 atom stereocenters. The first-order chi connectivity index (χ1) is 14.6. The van der Waals surface area contributed by atoms with Gasteiger partial charge >= 0.3 is 5.97 Å². The number of rotatable bonds is 7. The lowest BCUT2D eigenvalue weighted by Crippen LogP contribution is -2.44. The second-order valence-corrected chi connectivity index (χ2v) is 10.5. The van der Waals surface area contributed by atoms with E-state index in [2.05, 4.69) is 4.72 Å². The highest BCUT2D eigenvalue weighted by atomic mass is 35.5. The summed E-state index contributed by atoms with van der Waals surface area (Å²) >= 11 is 6.89. The molecule has 0 amide bonds. The Morgan fingerprint density at radius 3 is 2.55 bits per heavy atom. The molecule has 2 aromatic carbocycles. The summed E-state index contributed by atoms with van der Waals surface area (Å²) in [5.74, 6) is -2.04. The van der Waals surface area contributed by atoms with Gasteiger partial charge in [0, 0.05) is 28.0 Å². The van der Waals surface area contributed by atoms with E-state index in [9.17, 15) is 28.4 Å². The number of hydrogen-bond acceptors (Lipinski definition) is 6. The number of non-ortho nitro benzene ring substituents is 1. The summed E-state index contributed by atoms with van der Waals surface area (Å²) in [6, 6.07) is 15.5. The maximum Gasteiger partial charge on any atom is 0.325 e. The molecule has 11 heteroatoms. The lowest BCUT2D eigenvalue weighted by Gasteiger charge is -2.14. The zero-order valence-electron chi connectivity index (χ0n) is 15.7. The number of carboxylic acid groups (broad SMARTS) is 1. The largest absolute Gasteiger partial charge is 0.480 e. The van der Waals surface area contributed by atoms with E-state index in [0.717, 1.165) is 16.9 Å². The third-order valence-electron chi connectivity index (χ3n) is 5.12. The number of thiophene rings is 1. The molecular weight excluding hydrogens is 464 g/mol. The van der Waals surface area contributed by atoms with Crippen LogP contribution < -0.4 is 4.72 Å². The molecule has 0 spiro atoms. The minimum atomic E-state index is -4.14. The van der Waals surface area contributed by atoms with E-state index in [1.165, 1.54) is 24.3 Å². The Morgan fingerprint density at radius 2 is 1.90 bits per heavy atom. The summed E-state index contributed by atoms with van der Waals surface area (Å²) in [6.45, 7) is 0. The zero-order valence-corrected chi connectivity index (χ0v) is 18.1. The van der Waals surface area contributed by atoms with Crippen molar-refractivity contribution in [2.75, 3.05) is 0 Å². The third kappa shape index (κ3) is 4.07. The van der Waals surface area contributed by atoms with Crippen LogP contribution in [0, 0.1) is 10.1 Å². The van der Waals surface area contributed by atoms with Crippen LogP contribution in [0.25, 0.3) is 10.4 Å². The van der Waals surface area contributed by atoms with Crippen molar-refractivity contribution in [1.82, 2.24) is 4.72 Å². The number of sulfonamides is 1. The summed E-state index contributed by atoms with van der Waals surface area (Å²) < 4.78 is 28.2. The Balaban J connectivity index is 1.61. The standard InChI is InChI=1S/C20H15ClN2O6S2/c21-14-6-4-12(5-7-14)17-8-9-18(30-17)31(28,29)22-20(19(24)25)11-16(20)13-2-1-3-15(10-13)23(26)27/h1-10,16,22H,11H2,(H,24,25)/t16-,20+/m0/s1. The summed E-state index contributed by atoms with van der Waals surface area (Å²) in [5, 5.41) is 21.3. The average molecular weight is 479 g/mol. The second-order valence-electron chi connectivity index (χ2n) is 7.12. The van der Waals surface area contributed by atoms with Crippen LogP contribution in [0.4, 0.5) is 5.69 Å². The molecule has 160 valence electrons. The smallest absolute Gasteiger partial charge is 0.325 e. The van der Waals surface area contributed by atoms with Gasteiger partial charge in [-0.25, -0.2) is 8.42 Å². The van der Waals surface area contributed by atoms with Gasteiger partial charge in [0.2, 0.25) is 0 Å². The molecule has 0 bridgehead atoms. The summed E-state index contributed by atoms with van der Waals surface area (Å²) in [6.07, 6.45) is -0.00184. The number of carboxylic acids is 1. The summed E-state index contributed by atoms with van der Waals surface area (Å²) in [5.41, 5.74) is -0.757. The van der Waals surface area contributed by atoms with Crippen LogP contribution in [-0.2, 0) is 14.8 Å². The van der Waals surface area contributed by atoms with Crippen molar-refractivity contribution in [1.29, 1.82) is 0 Å². The normalized spacial score (nSPS) is 20.4. The molecule has 1 aliphatic rings. The fourth-order valence-electron chi connectivity index (χ4n) is 3.44. The molecule has 1 aromatic heterocycles. The summed E-state index contributed by atoms with van der Waals surface area (Å²) in [7, 11) is -4.14. The third-order valence-corrected chi connectivity index (χ3v) is 8.51. The van der Waals surface area contributed by atoms with Crippen LogP contribution >= 0.6 is 22.9 Å². The number of benzene rings is 2. The number of nitro groups is 1. The van der Waals surface area contributed by atoms with Crippen LogP contribution in [0.1, 0.15) is 17.9 Å². The molecule has 8 nitrogen and oxygen atoms in total. The molecule has 1 heterocycles. The fourth-order valence-corrected chi connectivity index (χ4v) is 6.28. The van der Waals surface area contributed by atoms with Crippen LogP contribution in [0.2, 0.25) is 5.02 Å². The van der Waals surface area contributed by atoms with Crippen molar-refractivity contribution < 1.29 is 23.2 Å². The Morgan fingerprint density at radius 1 is 1.19 bits per heavy atom. The van der Waals surface area contributed by atoms with Gasteiger partial charge in [-0.05, 0) is 41.8 Å². The Bertz CT molecular complexity index is 1290. The highest BCUT2D eigenvalue weighted by Gasteiger charge is 2.63. The van der Waals surface area contributed by atoms with E-state index in [0.29, 0.717) is 15.5 Å². The highest BCUT2D eigenvalue weighted by Crippen LogP contribution is 2.53. The molecule has 4 rings (SSSR count). The van der Waals surface area contributed by atoms with Crippen molar-refractivity contribution in [3.63, 3.8) is 0 Å². The second kappa shape index (κ2) is 7.72. The van der Waals surface area contributed by atoms with Gasteiger partial charge in [-0.15, -0.1) is 11.3 Å². The van der Waals surface area contributed by atoms with Crippen LogP contribution in [-0.4, -0.2) is 30.0 Å². The number of carbonyl (C=O) groups is 1. The SMILES string of the molecule is O=C(O)[C@@]1(NS(=O)(=O)c2ccc(-c3ccc(Cl)cc3)s2)C[C@H]1c1cccc([N+](=O)[O-])c1. The average Bonchev–Trinajstić information content (AvgIpc) is 3.22. The van der Waals surface area contributed by atoms with Crippen LogP contribution in [0.3, 0.4) is 0 Å². The predicted molar refractivity (Wildman–Crippen MR) is 116 cm³/mol. The van der Waals surface area contributed by atoms with Gasteiger partial charge in [0.15, 0.2) is 0 Å². The number of nitrogens with zero attached hydrogens (tertiary/aromatic N) is 1. The number of hydrogen-bond donors (Lipinski definition) is 2. The molecule has 3 aromatic rings. The van der Waals surface area contributed by atoms with Gasteiger partial charge < -0.3 is 5.11 Å². The van der Waals surface area contributed by atoms with Crippen LogP contribution in [0.15, 0.2) is 64.9 Å². The first-order valence-corrected chi connectivity index (χ1v) is 11.7. The van der Waals surface area contributed by atoms with E-state index in [-0.39, 0.29) is 16.3 Å². The van der Waals surface area contributed by atoms with E-state index < -0.39 is 32.4 Å². The van der Waals surface area contributed by atoms with Crippen molar-refractivity contribution in [3.05, 3.63) is 81.4 Å². The monoisotopic (exact) mass is 478 g/mol. The van der Waals surface area contributed by atoms with E-state index in [1.807, 2.05) is 0 Å². The van der Waals surface area contributed by atoms with Gasteiger partial charge in [-0.3, -0.25) is 14.9 Å². The number of halogens is 1. The van der Waals surface area contributed by atoms with Gasteiger partial charge in [0.25, 0.3) is 15.7 Å².